The number of hydrogen-bond acceptors (Lipinski definition) is 2. The van der Waals surface area contributed by atoms with Crippen molar-refractivity contribution < 1.29 is 13.2 Å². The number of halogens is 4. The second kappa shape index (κ2) is 4.18. The number of nitrogens with two attached hydrogens (primary N) is 1. The number of nitrogens with zero attached hydrogens (tertiary/aromatic N) is 1. The normalized spacial score (nSPS) is 11.5. The van der Waals surface area contributed by atoms with Crippen LogP contribution in [0.25, 0.3) is 0 Å². The van der Waals surface area contributed by atoms with Crippen molar-refractivity contribution in [2.45, 2.75) is 6.18 Å². The Labute approximate surface area is 90.4 Å². The van der Waals surface area contributed by atoms with E-state index < -0.39 is 12.7 Å². The summed E-state index contributed by atoms with van der Waals surface area (Å²) in [6, 6.07) is 4.41. The predicted octanol–water partition coefficient (Wildman–Crippen LogP) is 2.92. The second-order valence-corrected chi connectivity index (χ2v) is 3.61. The van der Waals surface area contributed by atoms with Gasteiger partial charge in [-0.3, -0.25) is 0 Å². The molecule has 0 radical (unpaired) electrons. The van der Waals surface area contributed by atoms with Crippen LogP contribution in [0.3, 0.4) is 0 Å². The molecule has 2 nitrogen and oxygen atoms in total. The third-order valence-electron chi connectivity index (χ3n) is 1.82. The lowest BCUT2D eigenvalue weighted by Crippen LogP contribution is -2.31. The van der Waals surface area contributed by atoms with Gasteiger partial charge in [0.2, 0.25) is 0 Å². The maximum Gasteiger partial charge on any atom is 0.405 e. The largest absolute Gasteiger partial charge is 0.405 e. The molecule has 0 atom stereocenters. The molecule has 0 saturated carbocycles. The molecule has 0 fully saturated rings. The summed E-state index contributed by atoms with van der Waals surface area (Å²) in [4.78, 5) is 1.02. The molecule has 6 heteroatoms. The fourth-order valence-electron chi connectivity index (χ4n) is 1.20. The molecule has 0 aliphatic heterocycles. The van der Waals surface area contributed by atoms with Crippen LogP contribution in [0.15, 0.2) is 18.2 Å². The molecule has 0 heterocycles. The van der Waals surface area contributed by atoms with E-state index in [-0.39, 0.29) is 11.4 Å². The van der Waals surface area contributed by atoms with Gasteiger partial charge in [0.25, 0.3) is 0 Å². The predicted molar refractivity (Wildman–Crippen MR) is 55.2 cm³/mol. The van der Waals surface area contributed by atoms with E-state index in [2.05, 4.69) is 0 Å². The zero-order valence-corrected chi connectivity index (χ0v) is 8.73. The first kappa shape index (κ1) is 12.0. The SMILES string of the molecule is CN(CC(F)(F)F)c1cc(Cl)ccc1N. The lowest BCUT2D eigenvalue weighted by Gasteiger charge is -2.22. The molecule has 15 heavy (non-hydrogen) atoms. The van der Waals surface area contributed by atoms with Gasteiger partial charge in [0.15, 0.2) is 0 Å². The summed E-state index contributed by atoms with van der Waals surface area (Å²) in [7, 11) is 1.31. The lowest BCUT2D eigenvalue weighted by atomic mass is 10.2. The van der Waals surface area contributed by atoms with Crippen molar-refractivity contribution in [3.8, 4) is 0 Å². The fraction of sp³-hybridized carbons (Fsp3) is 0.333. The third-order valence-corrected chi connectivity index (χ3v) is 2.06. The molecule has 0 amide bonds. The molecule has 1 aromatic carbocycles. The maximum atomic E-state index is 12.1. The van der Waals surface area contributed by atoms with E-state index in [1.54, 1.807) is 0 Å². The van der Waals surface area contributed by atoms with Gasteiger partial charge in [-0.1, -0.05) is 11.6 Å². The Bertz CT molecular complexity index is 352. The minimum Gasteiger partial charge on any atom is -0.397 e. The molecule has 0 saturated heterocycles. The molecular formula is C9H10ClF3N2. The number of alkyl halides is 3. The zero-order valence-electron chi connectivity index (χ0n) is 7.98. The molecule has 84 valence electrons. The first-order chi connectivity index (χ1) is 6.79. The van der Waals surface area contributed by atoms with Crippen LogP contribution in [0.1, 0.15) is 0 Å². The molecule has 1 aromatic rings. The molecule has 1 rings (SSSR count). The Morgan fingerprint density at radius 2 is 2.00 bits per heavy atom. The molecule has 0 bridgehead atoms. The standard InChI is InChI=1S/C9H10ClF3N2/c1-15(5-9(11,12)13)8-4-6(10)2-3-7(8)14/h2-4H,5,14H2,1H3. The van der Waals surface area contributed by atoms with Crippen molar-refractivity contribution in [2.75, 3.05) is 24.2 Å². The first-order valence-corrected chi connectivity index (χ1v) is 4.50. The number of rotatable bonds is 2. The molecule has 2 N–H and O–H groups in total. The van der Waals surface area contributed by atoms with Crippen LogP contribution >= 0.6 is 11.6 Å². The van der Waals surface area contributed by atoms with Crippen molar-refractivity contribution in [2.24, 2.45) is 0 Å². The van der Waals surface area contributed by atoms with E-state index in [0.29, 0.717) is 5.02 Å². The molecule has 0 aliphatic carbocycles. The topological polar surface area (TPSA) is 29.3 Å². The number of anilines is 2. The quantitative estimate of drug-likeness (QED) is 0.803. The van der Waals surface area contributed by atoms with E-state index in [1.165, 1.54) is 25.2 Å². The Hall–Kier alpha value is -1.10. The Balaban J connectivity index is 2.90. The van der Waals surface area contributed by atoms with Gasteiger partial charge in [0.1, 0.15) is 6.54 Å². The van der Waals surface area contributed by atoms with Gasteiger partial charge >= 0.3 is 6.18 Å². The summed E-state index contributed by atoms with van der Waals surface area (Å²) in [5, 5.41) is 0.355. The van der Waals surface area contributed by atoms with E-state index in [9.17, 15) is 13.2 Å². The molecule has 0 aromatic heterocycles. The van der Waals surface area contributed by atoms with Crippen LogP contribution in [-0.4, -0.2) is 19.8 Å². The van der Waals surface area contributed by atoms with Crippen LogP contribution < -0.4 is 10.6 Å². The van der Waals surface area contributed by atoms with Gasteiger partial charge in [0.05, 0.1) is 11.4 Å². The number of nitrogen functional groups attached to an aromatic ring is 1. The van der Waals surface area contributed by atoms with Gasteiger partial charge in [-0.15, -0.1) is 0 Å². The van der Waals surface area contributed by atoms with Gasteiger partial charge in [-0.2, -0.15) is 13.2 Å². The van der Waals surface area contributed by atoms with Crippen molar-refractivity contribution in [3.05, 3.63) is 23.2 Å². The Morgan fingerprint density at radius 3 is 2.53 bits per heavy atom. The van der Waals surface area contributed by atoms with Gasteiger partial charge < -0.3 is 10.6 Å². The average Bonchev–Trinajstić information content (AvgIpc) is 2.06. The van der Waals surface area contributed by atoms with Crippen molar-refractivity contribution >= 4 is 23.0 Å². The summed E-state index contributed by atoms with van der Waals surface area (Å²) in [5.41, 5.74) is 6.09. The zero-order chi connectivity index (χ0) is 11.6. The first-order valence-electron chi connectivity index (χ1n) is 4.12. The number of hydrogen-bond donors (Lipinski definition) is 1. The minimum atomic E-state index is -4.26. The highest BCUT2D eigenvalue weighted by Gasteiger charge is 2.29. The van der Waals surface area contributed by atoms with Crippen molar-refractivity contribution in [1.82, 2.24) is 0 Å². The minimum absolute atomic E-state index is 0.270. The smallest absolute Gasteiger partial charge is 0.397 e. The Morgan fingerprint density at radius 1 is 1.40 bits per heavy atom. The van der Waals surface area contributed by atoms with Crippen LogP contribution in [0.4, 0.5) is 24.5 Å². The highest BCUT2D eigenvalue weighted by molar-refractivity contribution is 6.31. The van der Waals surface area contributed by atoms with E-state index in [4.69, 9.17) is 17.3 Å². The van der Waals surface area contributed by atoms with E-state index >= 15 is 0 Å². The highest BCUT2D eigenvalue weighted by Crippen LogP contribution is 2.28. The molecular weight excluding hydrogens is 229 g/mol. The summed E-state index contributed by atoms with van der Waals surface area (Å²) in [5.74, 6) is 0. The summed E-state index contributed by atoms with van der Waals surface area (Å²) < 4.78 is 36.3. The summed E-state index contributed by atoms with van der Waals surface area (Å²) in [6.07, 6.45) is -4.26. The van der Waals surface area contributed by atoms with E-state index in [0.717, 1.165) is 4.90 Å². The van der Waals surface area contributed by atoms with Crippen molar-refractivity contribution in [3.63, 3.8) is 0 Å². The fourth-order valence-corrected chi connectivity index (χ4v) is 1.37. The monoisotopic (exact) mass is 238 g/mol. The maximum absolute atomic E-state index is 12.1. The highest BCUT2D eigenvalue weighted by atomic mass is 35.5. The van der Waals surface area contributed by atoms with Crippen LogP contribution in [-0.2, 0) is 0 Å². The summed E-state index contributed by atoms with van der Waals surface area (Å²) in [6.45, 7) is -1.06. The van der Waals surface area contributed by atoms with Crippen LogP contribution in [0.2, 0.25) is 5.02 Å². The third kappa shape index (κ3) is 3.51. The van der Waals surface area contributed by atoms with Crippen LogP contribution in [0, 0.1) is 0 Å². The lowest BCUT2D eigenvalue weighted by molar-refractivity contribution is -0.119. The van der Waals surface area contributed by atoms with Crippen molar-refractivity contribution in [1.29, 1.82) is 0 Å². The average molecular weight is 239 g/mol. The van der Waals surface area contributed by atoms with Gasteiger partial charge in [-0.25, -0.2) is 0 Å². The molecule has 0 unspecified atom stereocenters. The second-order valence-electron chi connectivity index (χ2n) is 3.17. The van der Waals surface area contributed by atoms with Crippen LogP contribution in [0.5, 0.6) is 0 Å². The molecule has 0 aliphatic rings. The molecule has 0 spiro atoms. The van der Waals surface area contributed by atoms with Gasteiger partial charge in [0, 0.05) is 12.1 Å². The van der Waals surface area contributed by atoms with E-state index in [1.807, 2.05) is 0 Å². The Kier molecular flexibility index (Phi) is 3.34. The number of benzene rings is 1. The van der Waals surface area contributed by atoms with Gasteiger partial charge in [-0.05, 0) is 18.2 Å². The summed E-state index contributed by atoms with van der Waals surface area (Å²) >= 11 is 5.67.